The summed E-state index contributed by atoms with van der Waals surface area (Å²) >= 11 is 0. The van der Waals surface area contributed by atoms with Crippen molar-refractivity contribution in [3.05, 3.63) is 59.7 Å². The predicted octanol–water partition coefficient (Wildman–Crippen LogP) is 3.91. The summed E-state index contributed by atoms with van der Waals surface area (Å²) in [6, 6.07) is 10.9. The standard InChI is InChI=1S/C20H20F2N2O2/c1-20(2,18(25)23-17-14(21)9-5-10-15(17)22)19(26)24-12-6-8-13-7-3-4-11-16(13)24/h3-5,7,9-11H,6,8,12H2,1-2H3,(H,23,25). The van der Waals surface area contributed by atoms with E-state index in [1.54, 1.807) is 4.90 Å². The number of benzene rings is 2. The summed E-state index contributed by atoms with van der Waals surface area (Å²) in [5.41, 5.74) is -0.207. The van der Waals surface area contributed by atoms with Crippen molar-refractivity contribution in [2.45, 2.75) is 26.7 Å². The Labute approximate surface area is 150 Å². The lowest BCUT2D eigenvalue weighted by molar-refractivity contribution is -0.136. The fourth-order valence-electron chi connectivity index (χ4n) is 3.07. The van der Waals surface area contributed by atoms with Gasteiger partial charge < -0.3 is 10.2 Å². The van der Waals surface area contributed by atoms with Gasteiger partial charge in [0.15, 0.2) is 0 Å². The van der Waals surface area contributed by atoms with Crippen LogP contribution in [0.15, 0.2) is 42.5 Å². The molecule has 1 aliphatic rings. The summed E-state index contributed by atoms with van der Waals surface area (Å²) in [4.78, 5) is 27.3. The zero-order valence-electron chi connectivity index (χ0n) is 14.7. The molecule has 0 saturated carbocycles. The van der Waals surface area contributed by atoms with Crippen LogP contribution < -0.4 is 10.2 Å². The van der Waals surface area contributed by atoms with Crippen LogP contribution in [-0.4, -0.2) is 18.4 Å². The Hall–Kier alpha value is -2.76. The summed E-state index contributed by atoms with van der Waals surface area (Å²) in [5, 5.41) is 2.23. The Morgan fingerprint density at radius 1 is 1.04 bits per heavy atom. The molecule has 6 heteroatoms. The first-order chi connectivity index (χ1) is 12.3. The van der Waals surface area contributed by atoms with Crippen molar-refractivity contribution in [2.24, 2.45) is 5.41 Å². The summed E-state index contributed by atoms with van der Waals surface area (Å²) in [6.07, 6.45) is 1.66. The molecule has 0 atom stereocenters. The van der Waals surface area contributed by atoms with Crippen molar-refractivity contribution in [1.29, 1.82) is 0 Å². The van der Waals surface area contributed by atoms with E-state index in [-0.39, 0.29) is 0 Å². The topological polar surface area (TPSA) is 49.4 Å². The third-order valence-electron chi connectivity index (χ3n) is 4.66. The van der Waals surface area contributed by atoms with Crippen LogP contribution in [0.3, 0.4) is 0 Å². The minimum Gasteiger partial charge on any atom is -0.320 e. The predicted molar refractivity (Wildman–Crippen MR) is 95.9 cm³/mol. The molecule has 2 aromatic carbocycles. The maximum Gasteiger partial charge on any atom is 0.242 e. The highest BCUT2D eigenvalue weighted by molar-refractivity contribution is 6.15. The van der Waals surface area contributed by atoms with Crippen molar-refractivity contribution in [2.75, 3.05) is 16.8 Å². The fourth-order valence-corrected chi connectivity index (χ4v) is 3.07. The van der Waals surface area contributed by atoms with Gasteiger partial charge in [-0.2, -0.15) is 0 Å². The average Bonchev–Trinajstić information content (AvgIpc) is 2.63. The highest BCUT2D eigenvalue weighted by Gasteiger charge is 2.41. The molecule has 2 aromatic rings. The normalized spacial score (nSPS) is 13.9. The van der Waals surface area contributed by atoms with E-state index in [0.29, 0.717) is 6.54 Å². The number of rotatable bonds is 3. The van der Waals surface area contributed by atoms with Gasteiger partial charge in [-0.05, 0) is 50.5 Å². The first-order valence-corrected chi connectivity index (χ1v) is 8.47. The highest BCUT2D eigenvalue weighted by Crippen LogP contribution is 2.32. The number of aryl methyl sites for hydroxylation is 1. The van der Waals surface area contributed by atoms with E-state index >= 15 is 0 Å². The number of hydrogen-bond donors (Lipinski definition) is 1. The highest BCUT2D eigenvalue weighted by atomic mass is 19.1. The van der Waals surface area contributed by atoms with Gasteiger partial charge in [-0.3, -0.25) is 9.59 Å². The molecule has 1 N–H and O–H groups in total. The monoisotopic (exact) mass is 358 g/mol. The number of amides is 2. The number of carbonyl (C=O) groups is 2. The lowest BCUT2D eigenvalue weighted by atomic mass is 9.88. The van der Waals surface area contributed by atoms with Gasteiger partial charge in [0.05, 0.1) is 0 Å². The molecular formula is C20H20F2N2O2. The second-order valence-electron chi connectivity index (χ2n) is 6.86. The lowest BCUT2D eigenvalue weighted by Gasteiger charge is -2.35. The molecule has 0 spiro atoms. The summed E-state index contributed by atoms with van der Waals surface area (Å²) < 4.78 is 27.6. The van der Waals surface area contributed by atoms with Crippen LogP contribution >= 0.6 is 0 Å². The maximum absolute atomic E-state index is 13.8. The van der Waals surface area contributed by atoms with Crippen molar-refractivity contribution >= 4 is 23.2 Å². The number of carbonyl (C=O) groups excluding carboxylic acids is 2. The first-order valence-electron chi connectivity index (χ1n) is 8.47. The summed E-state index contributed by atoms with van der Waals surface area (Å²) in [7, 11) is 0. The van der Waals surface area contributed by atoms with Crippen molar-refractivity contribution < 1.29 is 18.4 Å². The summed E-state index contributed by atoms with van der Waals surface area (Å²) in [6.45, 7) is 3.42. The number of anilines is 2. The first kappa shape index (κ1) is 18.0. The second-order valence-corrected chi connectivity index (χ2v) is 6.86. The third kappa shape index (κ3) is 3.19. The number of halogens is 2. The van der Waals surface area contributed by atoms with Crippen LogP contribution in [0.4, 0.5) is 20.2 Å². The van der Waals surface area contributed by atoms with Crippen molar-refractivity contribution in [3.63, 3.8) is 0 Å². The number of fused-ring (bicyclic) bond motifs is 1. The van der Waals surface area contributed by atoms with E-state index in [1.165, 1.54) is 19.9 Å². The second kappa shape index (κ2) is 6.86. The Bertz CT molecular complexity index is 844. The smallest absolute Gasteiger partial charge is 0.242 e. The molecule has 0 radical (unpaired) electrons. The van der Waals surface area contributed by atoms with Crippen LogP contribution in [0.2, 0.25) is 0 Å². The number of hydrogen-bond acceptors (Lipinski definition) is 2. The third-order valence-corrected chi connectivity index (χ3v) is 4.66. The SMILES string of the molecule is CC(C)(C(=O)Nc1c(F)cccc1F)C(=O)N1CCCc2ccccc21. The van der Waals surface area contributed by atoms with E-state index < -0.39 is 34.6 Å². The van der Waals surface area contributed by atoms with Crippen LogP contribution in [0, 0.1) is 17.0 Å². The minimum atomic E-state index is -1.49. The van der Waals surface area contributed by atoms with Gasteiger partial charge in [-0.1, -0.05) is 24.3 Å². The molecule has 0 fully saturated rings. The number of nitrogens with zero attached hydrogens (tertiary/aromatic N) is 1. The fraction of sp³-hybridized carbons (Fsp3) is 0.300. The Morgan fingerprint density at radius 2 is 1.69 bits per heavy atom. The molecule has 0 aliphatic carbocycles. The zero-order valence-corrected chi connectivity index (χ0v) is 14.7. The van der Waals surface area contributed by atoms with Gasteiger partial charge in [0, 0.05) is 12.2 Å². The molecule has 0 bridgehead atoms. The average molecular weight is 358 g/mol. The van der Waals surface area contributed by atoms with E-state index in [9.17, 15) is 18.4 Å². The molecule has 0 unspecified atom stereocenters. The van der Waals surface area contributed by atoms with Gasteiger partial charge in [0.1, 0.15) is 22.7 Å². The van der Waals surface area contributed by atoms with Gasteiger partial charge in [-0.25, -0.2) is 8.78 Å². The van der Waals surface area contributed by atoms with Crippen LogP contribution in [-0.2, 0) is 16.0 Å². The Morgan fingerprint density at radius 3 is 2.38 bits per heavy atom. The molecule has 1 aliphatic heterocycles. The van der Waals surface area contributed by atoms with Crippen molar-refractivity contribution in [1.82, 2.24) is 0 Å². The number of nitrogens with one attached hydrogen (secondary N) is 1. The van der Waals surface area contributed by atoms with Gasteiger partial charge >= 0.3 is 0 Å². The molecule has 2 amide bonds. The Kier molecular flexibility index (Phi) is 4.76. The molecule has 0 aromatic heterocycles. The van der Waals surface area contributed by atoms with E-state index in [1.807, 2.05) is 24.3 Å². The van der Waals surface area contributed by atoms with Gasteiger partial charge in [-0.15, -0.1) is 0 Å². The molecule has 1 heterocycles. The Balaban J connectivity index is 1.86. The molecule has 3 rings (SSSR count). The van der Waals surface area contributed by atoms with Crippen LogP contribution in [0.25, 0.3) is 0 Å². The van der Waals surface area contributed by atoms with Crippen LogP contribution in [0.1, 0.15) is 25.8 Å². The van der Waals surface area contributed by atoms with E-state index in [0.717, 1.165) is 36.2 Å². The van der Waals surface area contributed by atoms with E-state index in [4.69, 9.17) is 0 Å². The van der Waals surface area contributed by atoms with Gasteiger partial charge in [0.25, 0.3) is 0 Å². The molecular weight excluding hydrogens is 338 g/mol. The lowest BCUT2D eigenvalue weighted by Crippen LogP contribution is -2.49. The quantitative estimate of drug-likeness (QED) is 0.846. The minimum absolute atomic E-state index is 0.404. The zero-order chi connectivity index (χ0) is 18.9. The van der Waals surface area contributed by atoms with E-state index in [2.05, 4.69) is 5.32 Å². The molecule has 136 valence electrons. The van der Waals surface area contributed by atoms with Crippen molar-refractivity contribution in [3.8, 4) is 0 Å². The summed E-state index contributed by atoms with van der Waals surface area (Å²) in [5.74, 6) is -2.93. The molecule has 26 heavy (non-hydrogen) atoms. The van der Waals surface area contributed by atoms with Gasteiger partial charge in [0.2, 0.25) is 11.8 Å². The van der Waals surface area contributed by atoms with Crippen LogP contribution in [0.5, 0.6) is 0 Å². The molecule has 4 nitrogen and oxygen atoms in total. The molecule has 0 saturated heterocycles. The maximum atomic E-state index is 13.8. The largest absolute Gasteiger partial charge is 0.320 e. The number of para-hydroxylation sites is 2.